The third-order valence-corrected chi connectivity index (χ3v) is 6.00. The van der Waals surface area contributed by atoms with Gasteiger partial charge in [0, 0.05) is 18.4 Å². The van der Waals surface area contributed by atoms with E-state index in [0.717, 1.165) is 11.8 Å². The lowest BCUT2D eigenvalue weighted by Gasteiger charge is -2.20. The van der Waals surface area contributed by atoms with Crippen molar-refractivity contribution in [3.05, 3.63) is 59.2 Å². The zero-order valence-corrected chi connectivity index (χ0v) is 19.4. The molecule has 7 nitrogen and oxygen atoms in total. The summed E-state index contributed by atoms with van der Waals surface area (Å²) in [5.41, 5.74) is 7.86. The van der Waals surface area contributed by atoms with Crippen molar-refractivity contribution >= 4 is 17.6 Å². The first-order valence-electron chi connectivity index (χ1n) is 10.3. The van der Waals surface area contributed by atoms with Crippen molar-refractivity contribution < 1.29 is 27.4 Å². The Bertz CT molecular complexity index is 1200. The fourth-order valence-electron chi connectivity index (χ4n) is 3.38. The lowest BCUT2D eigenvalue weighted by molar-refractivity contribution is -0.336. The first kappa shape index (κ1) is 26.1. The average Bonchev–Trinajstić information content (AvgIpc) is 2.82. The van der Waals surface area contributed by atoms with Gasteiger partial charge in [-0.2, -0.15) is 10.5 Å². The minimum atomic E-state index is -4.74. The number of nitrogens with zero attached hydrogens (tertiary/aromatic N) is 3. The number of benzene rings is 1. The third kappa shape index (κ3) is 6.99. The van der Waals surface area contributed by atoms with Crippen LogP contribution in [0.5, 0.6) is 5.75 Å². The molecule has 0 amide bonds. The van der Waals surface area contributed by atoms with Crippen molar-refractivity contribution in [3.8, 4) is 29.0 Å². The number of allylic oxidation sites excluding steroid dienone is 2. The Balaban J connectivity index is 1.85. The molecule has 0 saturated carbocycles. The minimum absolute atomic E-state index is 0.0415. The summed E-state index contributed by atoms with van der Waals surface area (Å²) in [5, 5.41) is 19.9. The van der Waals surface area contributed by atoms with Crippen LogP contribution in [0.2, 0.25) is 0 Å². The van der Waals surface area contributed by atoms with Gasteiger partial charge < -0.3 is 15.2 Å². The van der Waals surface area contributed by atoms with Crippen molar-refractivity contribution in [2.75, 3.05) is 31.8 Å². The predicted octanol–water partition coefficient (Wildman–Crippen LogP) is 4.98. The van der Waals surface area contributed by atoms with E-state index in [4.69, 9.17) is 15.2 Å². The van der Waals surface area contributed by atoms with Crippen molar-refractivity contribution in [1.29, 1.82) is 10.5 Å². The standard InChI is InChI=1S/C24H21F3N4O3S/c1-32-9-10-33-17-7-5-16(6-8-17)21-19(12-28)22(30)31-23(20(21)13-29)35-14-15-3-2-4-18(11-15)34-24(25,26)27/h2-8,18H,9-11,14H2,1H3,(H2,30,31). The highest BCUT2D eigenvalue weighted by atomic mass is 32.2. The Labute approximate surface area is 204 Å². The first-order valence-corrected chi connectivity index (χ1v) is 11.3. The van der Waals surface area contributed by atoms with E-state index < -0.39 is 12.5 Å². The first-order chi connectivity index (χ1) is 16.8. The van der Waals surface area contributed by atoms with Gasteiger partial charge in [-0.15, -0.1) is 24.9 Å². The molecule has 0 aliphatic heterocycles. The predicted molar refractivity (Wildman–Crippen MR) is 124 cm³/mol. The van der Waals surface area contributed by atoms with Gasteiger partial charge in [0.2, 0.25) is 0 Å². The van der Waals surface area contributed by atoms with Crippen LogP contribution >= 0.6 is 11.8 Å². The highest BCUT2D eigenvalue weighted by Gasteiger charge is 2.33. The van der Waals surface area contributed by atoms with Gasteiger partial charge in [-0.3, -0.25) is 4.74 Å². The van der Waals surface area contributed by atoms with Crippen molar-refractivity contribution in [2.45, 2.75) is 23.9 Å². The quantitative estimate of drug-likeness (QED) is 0.377. The van der Waals surface area contributed by atoms with E-state index in [1.54, 1.807) is 37.5 Å². The summed E-state index contributed by atoms with van der Waals surface area (Å²) in [7, 11) is 1.57. The van der Waals surface area contributed by atoms with Gasteiger partial charge in [0.15, 0.2) is 0 Å². The van der Waals surface area contributed by atoms with Gasteiger partial charge in [0.05, 0.1) is 18.3 Å². The summed E-state index contributed by atoms with van der Waals surface area (Å²) in [6.07, 6.45) is -1.27. The molecule has 1 heterocycles. The molecule has 35 heavy (non-hydrogen) atoms. The Hall–Kier alpha value is -3.51. The van der Waals surface area contributed by atoms with Gasteiger partial charge >= 0.3 is 6.36 Å². The molecule has 1 aromatic heterocycles. The largest absolute Gasteiger partial charge is 0.523 e. The smallest absolute Gasteiger partial charge is 0.491 e. The van der Waals surface area contributed by atoms with Crippen LogP contribution in [0.3, 0.4) is 0 Å². The van der Waals surface area contributed by atoms with Gasteiger partial charge in [-0.25, -0.2) is 4.98 Å². The van der Waals surface area contributed by atoms with E-state index in [2.05, 4.69) is 15.8 Å². The minimum Gasteiger partial charge on any atom is -0.491 e. The SMILES string of the molecule is COCCOc1ccc(-c2c(C#N)c(N)nc(SCC3=CC=CC(OC(F)(F)F)C3)c2C#N)cc1. The van der Waals surface area contributed by atoms with Crippen LogP contribution in [0, 0.1) is 22.7 Å². The molecule has 2 aromatic rings. The van der Waals surface area contributed by atoms with Gasteiger partial charge in [-0.05, 0) is 24.1 Å². The molecule has 2 N–H and O–H groups in total. The van der Waals surface area contributed by atoms with E-state index in [1.807, 2.05) is 6.07 Å². The number of methoxy groups -OCH3 is 1. The highest BCUT2D eigenvalue weighted by Crippen LogP contribution is 2.37. The third-order valence-electron chi connectivity index (χ3n) is 4.92. The molecule has 0 radical (unpaired) electrons. The number of anilines is 1. The monoisotopic (exact) mass is 502 g/mol. The van der Waals surface area contributed by atoms with E-state index in [0.29, 0.717) is 35.7 Å². The van der Waals surface area contributed by atoms with Crippen LogP contribution in [0.15, 0.2) is 53.1 Å². The van der Waals surface area contributed by atoms with E-state index in [9.17, 15) is 23.7 Å². The summed E-state index contributed by atoms with van der Waals surface area (Å²) < 4.78 is 52.3. The summed E-state index contributed by atoms with van der Waals surface area (Å²) in [6, 6.07) is 10.9. The number of aromatic nitrogens is 1. The Morgan fingerprint density at radius 1 is 1.14 bits per heavy atom. The molecule has 0 fully saturated rings. The topological polar surface area (TPSA) is 114 Å². The fraction of sp³-hybridized carbons (Fsp3) is 0.292. The van der Waals surface area contributed by atoms with Crippen LogP contribution in [-0.2, 0) is 9.47 Å². The number of thioether (sulfide) groups is 1. The average molecular weight is 503 g/mol. The summed E-state index contributed by atoms with van der Waals surface area (Å²) in [5.74, 6) is 0.813. The highest BCUT2D eigenvalue weighted by molar-refractivity contribution is 7.99. The number of hydrogen-bond acceptors (Lipinski definition) is 8. The maximum atomic E-state index is 12.6. The fourth-order valence-corrected chi connectivity index (χ4v) is 4.37. The second-order valence-corrected chi connectivity index (χ2v) is 8.29. The second-order valence-electron chi connectivity index (χ2n) is 7.32. The Morgan fingerprint density at radius 2 is 1.86 bits per heavy atom. The number of ether oxygens (including phenoxy) is 3. The van der Waals surface area contributed by atoms with Crippen LogP contribution < -0.4 is 10.5 Å². The van der Waals surface area contributed by atoms with Crippen molar-refractivity contribution in [3.63, 3.8) is 0 Å². The summed E-state index contributed by atoms with van der Waals surface area (Å²) in [6.45, 7) is 0.793. The lowest BCUT2D eigenvalue weighted by Crippen LogP contribution is -2.24. The lowest BCUT2D eigenvalue weighted by atomic mass is 9.97. The Morgan fingerprint density at radius 3 is 2.49 bits per heavy atom. The molecule has 1 aliphatic rings. The molecule has 1 atom stereocenters. The molecule has 1 aromatic carbocycles. The molecular formula is C24H21F3N4O3S. The number of halogens is 3. The van der Waals surface area contributed by atoms with Gasteiger partial charge in [-0.1, -0.05) is 35.9 Å². The number of pyridine rings is 1. The maximum Gasteiger partial charge on any atom is 0.523 e. The molecular weight excluding hydrogens is 481 g/mol. The normalized spacial score (nSPS) is 15.3. The van der Waals surface area contributed by atoms with Gasteiger partial charge in [0.25, 0.3) is 0 Å². The molecule has 11 heteroatoms. The van der Waals surface area contributed by atoms with Crippen LogP contribution in [0.4, 0.5) is 19.0 Å². The molecule has 1 aliphatic carbocycles. The van der Waals surface area contributed by atoms with Crippen molar-refractivity contribution in [2.24, 2.45) is 0 Å². The molecule has 0 spiro atoms. The van der Waals surface area contributed by atoms with E-state index in [-0.39, 0.29) is 34.1 Å². The van der Waals surface area contributed by atoms with Crippen molar-refractivity contribution in [1.82, 2.24) is 4.98 Å². The zero-order chi connectivity index (χ0) is 25.4. The number of nitrogen functional groups attached to an aromatic ring is 1. The maximum absolute atomic E-state index is 12.6. The number of hydrogen-bond donors (Lipinski definition) is 1. The molecule has 182 valence electrons. The number of nitrogens with two attached hydrogens (primary N) is 1. The van der Waals surface area contributed by atoms with Gasteiger partial charge in [0.1, 0.15) is 40.9 Å². The molecule has 0 bridgehead atoms. The number of nitriles is 2. The molecule has 0 saturated heterocycles. The second kappa shape index (κ2) is 11.8. The zero-order valence-electron chi connectivity index (χ0n) is 18.6. The summed E-state index contributed by atoms with van der Waals surface area (Å²) >= 11 is 1.16. The summed E-state index contributed by atoms with van der Waals surface area (Å²) in [4.78, 5) is 4.23. The molecule has 3 rings (SSSR count). The van der Waals surface area contributed by atoms with E-state index >= 15 is 0 Å². The number of alkyl halides is 3. The van der Waals surface area contributed by atoms with E-state index in [1.165, 1.54) is 12.2 Å². The number of rotatable bonds is 9. The Kier molecular flexibility index (Phi) is 8.77. The molecule has 1 unspecified atom stereocenters. The van der Waals surface area contributed by atoms with Crippen LogP contribution in [0.25, 0.3) is 11.1 Å². The van der Waals surface area contributed by atoms with Crippen LogP contribution in [-0.4, -0.2) is 43.5 Å². The van der Waals surface area contributed by atoms with Crippen LogP contribution in [0.1, 0.15) is 17.5 Å².